The Bertz CT molecular complexity index is 587. The molecule has 1 amide bonds. The molecule has 2 N–H and O–H groups in total. The number of hydrogen-bond acceptors (Lipinski definition) is 3. The minimum Gasteiger partial charge on any atom is -0.335 e. The third-order valence-corrected chi connectivity index (χ3v) is 4.65. The molecule has 0 radical (unpaired) electrons. The van der Waals surface area contributed by atoms with Crippen LogP contribution in [0.25, 0.3) is 0 Å². The van der Waals surface area contributed by atoms with E-state index >= 15 is 0 Å². The normalized spacial score (nSPS) is 24.1. The maximum atomic E-state index is 12.9. The number of amides is 1. The molecule has 2 aliphatic rings. The molecular weight excluding hydrogens is 262 g/mol. The Balaban J connectivity index is 1.85. The van der Waals surface area contributed by atoms with Crippen LogP contribution in [0.15, 0.2) is 18.5 Å². The molecule has 0 bridgehead atoms. The van der Waals surface area contributed by atoms with Crippen molar-refractivity contribution in [3.63, 3.8) is 0 Å². The second-order valence-electron chi connectivity index (χ2n) is 5.83. The van der Waals surface area contributed by atoms with Gasteiger partial charge in [0.05, 0.1) is 17.7 Å². The van der Waals surface area contributed by atoms with Gasteiger partial charge in [-0.3, -0.25) is 9.78 Å². The standard InChI is InChI=1S/C17H21N3O/c18-9-3-5-14-12-19-10-7-15(14)17(21)20-11-8-13-4-1-2-6-16(13)20/h7,10,12-13,16H,1-2,4,6,8-9,11,18H2. The van der Waals surface area contributed by atoms with Gasteiger partial charge in [-0.25, -0.2) is 0 Å². The highest BCUT2D eigenvalue weighted by Crippen LogP contribution is 2.36. The van der Waals surface area contributed by atoms with Gasteiger partial charge in [0.1, 0.15) is 0 Å². The van der Waals surface area contributed by atoms with Crippen molar-refractivity contribution < 1.29 is 4.79 Å². The molecule has 4 nitrogen and oxygen atoms in total. The first-order valence-electron chi connectivity index (χ1n) is 7.75. The van der Waals surface area contributed by atoms with E-state index in [-0.39, 0.29) is 12.5 Å². The van der Waals surface area contributed by atoms with E-state index in [1.165, 1.54) is 19.3 Å². The lowest BCUT2D eigenvalue weighted by Gasteiger charge is -2.31. The quantitative estimate of drug-likeness (QED) is 0.799. The summed E-state index contributed by atoms with van der Waals surface area (Å²) in [6.07, 6.45) is 9.42. The van der Waals surface area contributed by atoms with Crippen molar-refractivity contribution in [1.29, 1.82) is 0 Å². The van der Waals surface area contributed by atoms with Crippen LogP contribution in [0.1, 0.15) is 48.0 Å². The number of nitrogens with zero attached hydrogens (tertiary/aromatic N) is 2. The van der Waals surface area contributed by atoms with Gasteiger partial charge in [0, 0.05) is 25.0 Å². The highest BCUT2D eigenvalue weighted by Gasteiger charge is 2.38. The number of fused-ring (bicyclic) bond motifs is 1. The van der Waals surface area contributed by atoms with Crippen molar-refractivity contribution >= 4 is 5.91 Å². The Hall–Kier alpha value is -1.86. The molecule has 110 valence electrons. The molecule has 21 heavy (non-hydrogen) atoms. The first-order valence-corrected chi connectivity index (χ1v) is 7.75. The smallest absolute Gasteiger partial charge is 0.255 e. The van der Waals surface area contributed by atoms with Crippen LogP contribution in [0.5, 0.6) is 0 Å². The molecule has 4 heteroatoms. The molecule has 1 aliphatic heterocycles. The van der Waals surface area contributed by atoms with Gasteiger partial charge < -0.3 is 10.6 Å². The van der Waals surface area contributed by atoms with Gasteiger partial charge in [-0.2, -0.15) is 0 Å². The number of aromatic nitrogens is 1. The SMILES string of the molecule is NCC#Cc1cnccc1C(=O)N1CCC2CCCCC21. The van der Waals surface area contributed by atoms with E-state index in [2.05, 4.69) is 21.7 Å². The average Bonchev–Trinajstić information content (AvgIpc) is 2.96. The lowest BCUT2D eigenvalue weighted by Crippen LogP contribution is -2.39. The van der Waals surface area contributed by atoms with Crippen LogP contribution in [0, 0.1) is 17.8 Å². The number of pyridine rings is 1. The lowest BCUT2D eigenvalue weighted by molar-refractivity contribution is 0.0689. The molecule has 2 heterocycles. The fourth-order valence-corrected chi connectivity index (χ4v) is 3.64. The summed E-state index contributed by atoms with van der Waals surface area (Å²) in [6, 6.07) is 2.20. The molecule has 1 aromatic heterocycles. The Morgan fingerprint density at radius 1 is 1.38 bits per heavy atom. The number of likely N-dealkylation sites (tertiary alicyclic amines) is 1. The van der Waals surface area contributed by atoms with E-state index < -0.39 is 0 Å². The van der Waals surface area contributed by atoms with Crippen molar-refractivity contribution in [2.24, 2.45) is 11.7 Å². The summed E-state index contributed by atoms with van der Waals surface area (Å²) in [5.41, 5.74) is 6.77. The van der Waals surface area contributed by atoms with Gasteiger partial charge >= 0.3 is 0 Å². The zero-order chi connectivity index (χ0) is 14.7. The van der Waals surface area contributed by atoms with Crippen LogP contribution in [0.2, 0.25) is 0 Å². The van der Waals surface area contributed by atoms with Gasteiger partial charge in [-0.05, 0) is 31.2 Å². The monoisotopic (exact) mass is 283 g/mol. The summed E-state index contributed by atoms with van der Waals surface area (Å²) in [5, 5.41) is 0. The molecule has 2 fully saturated rings. The maximum Gasteiger partial charge on any atom is 0.255 e. The van der Waals surface area contributed by atoms with Gasteiger partial charge in [0.2, 0.25) is 0 Å². The van der Waals surface area contributed by atoms with E-state index in [1.54, 1.807) is 18.5 Å². The number of rotatable bonds is 1. The van der Waals surface area contributed by atoms with Crippen LogP contribution in [0.3, 0.4) is 0 Å². The molecule has 1 aliphatic carbocycles. The summed E-state index contributed by atoms with van der Waals surface area (Å²) >= 11 is 0. The minimum atomic E-state index is 0.105. The summed E-state index contributed by atoms with van der Waals surface area (Å²) in [7, 11) is 0. The molecule has 1 saturated heterocycles. The Morgan fingerprint density at radius 2 is 2.24 bits per heavy atom. The third kappa shape index (κ3) is 2.79. The maximum absolute atomic E-state index is 12.9. The molecule has 2 atom stereocenters. The molecule has 1 aromatic rings. The predicted octanol–water partition coefficient (Wildman–Crippen LogP) is 1.80. The Labute approximate surface area is 125 Å². The molecule has 1 saturated carbocycles. The zero-order valence-electron chi connectivity index (χ0n) is 12.2. The van der Waals surface area contributed by atoms with Gasteiger partial charge in [0.25, 0.3) is 5.91 Å². The summed E-state index contributed by atoms with van der Waals surface area (Å²) in [4.78, 5) is 19.0. The number of carbonyl (C=O) groups excluding carboxylic acids is 1. The molecule has 0 spiro atoms. The summed E-state index contributed by atoms with van der Waals surface area (Å²) < 4.78 is 0. The van der Waals surface area contributed by atoms with E-state index in [9.17, 15) is 4.79 Å². The minimum absolute atomic E-state index is 0.105. The average molecular weight is 283 g/mol. The summed E-state index contributed by atoms with van der Waals surface area (Å²) in [6.45, 7) is 1.16. The Morgan fingerprint density at radius 3 is 3.10 bits per heavy atom. The number of carbonyl (C=O) groups is 1. The van der Waals surface area contributed by atoms with E-state index in [0.29, 0.717) is 23.1 Å². The molecule has 3 rings (SSSR count). The van der Waals surface area contributed by atoms with E-state index in [0.717, 1.165) is 19.4 Å². The van der Waals surface area contributed by atoms with Gasteiger partial charge in [0.15, 0.2) is 0 Å². The van der Waals surface area contributed by atoms with Crippen molar-refractivity contribution in [2.75, 3.05) is 13.1 Å². The largest absolute Gasteiger partial charge is 0.335 e. The van der Waals surface area contributed by atoms with Crippen molar-refractivity contribution in [3.05, 3.63) is 29.6 Å². The topological polar surface area (TPSA) is 59.2 Å². The predicted molar refractivity (Wildman–Crippen MR) is 81.6 cm³/mol. The molecule has 2 unspecified atom stereocenters. The Kier molecular flexibility index (Phi) is 4.21. The van der Waals surface area contributed by atoms with Crippen LogP contribution in [-0.4, -0.2) is 34.9 Å². The lowest BCUT2D eigenvalue weighted by atomic mass is 9.85. The highest BCUT2D eigenvalue weighted by atomic mass is 16.2. The van der Waals surface area contributed by atoms with Crippen molar-refractivity contribution in [1.82, 2.24) is 9.88 Å². The second-order valence-corrected chi connectivity index (χ2v) is 5.83. The third-order valence-electron chi connectivity index (χ3n) is 4.65. The van der Waals surface area contributed by atoms with Crippen LogP contribution < -0.4 is 5.73 Å². The zero-order valence-corrected chi connectivity index (χ0v) is 12.2. The van der Waals surface area contributed by atoms with Crippen LogP contribution in [0.4, 0.5) is 0 Å². The fraction of sp³-hybridized carbons (Fsp3) is 0.529. The van der Waals surface area contributed by atoms with Crippen molar-refractivity contribution in [2.45, 2.75) is 38.1 Å². The van der Waals surface area contributed by atoms with Gasteiger partial charge in [-0.1, -0.05) is 24.7 Å². The van der Waals surface area contributed by atoms with E-state index in [1.807, 2.05) is 0 Å². The first kappa shape index (κ1) is 14.1. The highest BCUT2D eigenvalue weighted by molar-refractivity contribution is 5.97. The van der Waals surface area contributed by atoms with Crippen molar-refractivity contribution in [3.8, 4) is 11.8 Å². The number of nitrogens with two attached hydrogens (primary N) is 1. The molecular formula is C17H21N3O. The second kappa shape index (κ2) is 6.28. The molecule has 0 aromatic carbocycles. The number of hydrogen-bond donors (Lipinski definition) is 1. The fourth-order valence-electron chi connectivity index (χ4n) is 3.64. The van der Waals surface area contributed by atoms with Crippen LogP contribution >= 0.6 is 0 Å². The summed E-state index contributed by atoms with van der Waals surface area (Å²) in [5.74, 6) is 6.58. The van der Waals surface area contributed by atoms with Gasteiger partial charge in [-0.15, -0.1) is 0 Å². The first-order chi connectivity index (χ1) is 10.3. The van der Waals surface area contributed by atoms with E-state index in [4.69, 9.17) is 5.73 Å². The van der Waals surface area contributed by atoms with Crippen LogP contribution in [-0.2, 0) is 0 Å².